The van der Waals surface area contributed by atoms with Gasteiger partial charge in [0, 0.05) is 36.2 Å². The summed E-state index contributed by atoms with van der Waals surface area (Å²) in [6.45, 7) is 24.4. The number of benzene rings is 3. The normalized spacial score (nSPS) is 30.7. The molecule has 12 atom stereocenters. The summed E-state index contributed by atoms with van der Waals surface area (Å²) in [6.07, 6.45) is -9.67. The highest BCUT2D eigenvalue weighted by Gasteiger charge is 2.78. The van der Waals surface area contributed by atoms with E-state index in [-0.39, 0.29) is 30.6 Å². The summed E-state index contributed by atoms with van der Waals surface area (Å²) in [6, 6.07) is 27.2. The third-order valence-electron chi connectivity index (χ3n) is 17.9. The Kier molecular flexibility index (Phi) is 16.1. The van der Waals surface area contributed by atoms with Crippen molar-refractivity contribution < 1.29 is 62.3 Å². The second-order valence-corrected chi connectivity index (χ2v) is 32.6. The van der Waals surface area contributed by atoms with Crippen molar-refractivity contribution in [2.75, 3.05) is 6.61 Å². The van der Waals surface area contributed by atoms with Crippen molar-refractivity contribution in [3.05, 3.63) is 119 Å². The number of carbonyl (C=O) groups excluding carboxylic acids is 4. The predicted molar refractivity (Wildman–Crippen MR) is 281 cm³/mol. The lowest BCUT2D eigenvalue weighted by Crippen LogP contribution is -2.82. The third-order valence-corrected chi connectivity index (χ3v) is 27.1. The highest BCUT2D eigenvalue weighted by Crippen LogP contribution is 2.66. The molecule has 16 heteroatoms. The Morgan fingerprint density at radius 1 is 0.836 bits per heavy atom. The van der Waals surface area contributed by atoms with E-state index in [9.17, 15) is 29.7 Å². The molecule has 0 spiro atoms. The largest absolute Gasteiger partial charge is 0.456 e. The average Bonchev–Trinajstić information content (AvgIpc) is 3.35. The minimum Gasteiger partial charge on any atom is -0.456 e. The molecule has 3 aromatic carbocycles. The molecule has 7 rings (SSSR count). The van der Waals surface area contributed by atoms with Gasteiger partial charge in [0.25, 0.3) is 5.91 Å². The molecule has 4 aliphatic rings. The smallest absolute Gasteiger partial charge is 0.338 e. The molecule has 4 N–H and O–H groups in total. The van der Waals surface area contributed by atoms with Crippen molar-refractivity contribution in [3.63, 3.8) is 0 Å². The monoisotopic (exact) mass is 1040 g/mol. The molecular formula is C57H79NO13Si2. The van der Waals surface area contributed by atoms with Crippen LogP contribution < -0.4 is 5.32 Å². The van der Waals surface area contributed by atoms with Crippen molar-refractivity contribution in [1.29, 1.82) is 0 Å². The first-order valence-electron chi connectivity index (χ1n) is 26.0. The summed E-state index contributed by atoms with van der Waals surface area (Å²) in [5, 5.41) is 43.4. The number of esters is 3. The van der Waals surface area contributed by atoms with Crippen molar-refractivity contribution in [2.24, 2.45) is 16.7 Å². The van der Waals surface area contributed by atoms with Crippen LogP contribution in [0.1, 0.15) is 121 Å². The van der Waals surface area contributed by atoms with Crippen LogP contribution in [0.4, 0.5) is 0 Å². The van der Waals surface area contributed by atoms with Gasteiger partial charge in [0.05, 0.1) is 36.3 Å². The molecule has 14 nitrogen and oxygen atoms in total. The van der Waals surface area contributed by atoms with Gasteiger partial charge >= 0.3 is 17.9 Å². The van der Waals surface area contributed by atoms with Crippen LogP contribution in [0, 0.1) is 16.7 Å². The maximum Gasteiger partial charge on any atom is 0.338 e. The van der Waals surface area contributed by atoms with E-state index in [1.54, 1.807) is 113 Å². The van der Waals surface area contributed by atoms with Crippen molar-refractivity contribution in [2.45, 2.75) is 185 Å². The lowest BCUT2D eigenvalue weighted by Gasteiger charge is -2.70. The highest BCUT2D eigenvalue weighted by molar-refractivity contribution is 6.74. The lowest BCUT2D eigenvalue weighted by atomic mass is 9.44. The van der Waals surface area contributed by atoms with Gasteiger partial charge in [-0.2, -0.15) is 0 Å². The molecule has 3 fully saturated rings. The van der Waals surface area contributed by atoms with Crippen LogP contribution in [0.3, 0.4) is 0 Å². The SMILES string of the molecule is CC[Si](CC)(CC)OC1CC2OC[C@@]2(OC(C)=O)[C@H]2[C@H](OC(=O)c3ccccc3)[C@]3(O)C[C@H](OC(=O)[C@H](O[Si](C)(C)C(C)(C)C)[C@@H](NC(=O)c4ccccc4)c4ccccc4)C(C)=C([C@H](O)[C@H](O)[C@]12C)C3(C)C. The standard InChI is InChI=1S/C57H79NO13Si2/c1-14-73(15-2,16-3)70-41-32-42-56(34-66-42,69-36(5)59)47-49(68-51(63)39-30-24-19-25-31-39)57(65)33-40(35(4)43(54(57,9)10)45(60)48(61)55(41,47)11)67-52(64)46(71-72(12,13)53(6,7)8)44(37-26-20-17-21-27-37)58-50(62)38-28-22-18-23-29-38/h17-31,40-42,44-49,60-61,65H,14-16,32-34H2,1-13H3,(H,58,62)/t40-,41?,42?,44-,45-,46+,47-,48-,49-,55+,56-,57+/m0/s1. The van der Waals surface area contributed by atoms with Crippen LogP contribution in [0.2, 0.25) is 36.3 Å². The first-order chi connectivity index (χ1) is 34.2. The Balaban J connectivity index is 1.44. The van der Waals surface area contributed by atoms with Gasteiger partial charge in [-0.1, -0.05) is 129 Å². The quantitative estimate of drug-likeness (QED) is 0.0460. The first kappa shape index (κ1) is 56.2. The van der Waals surface area contributed by atoms with E-state index in [0.717, 1.165) is 18.1 Å². The van der Waals surface area contributed by atoms with Gasteiger partial charge in [-0.05, 0) is 84.2 Å². The van der Waals surface area contributed by atoms with Crippen LogP contribution in [0.15, 0.2) is 102 Å². The van der Waals surface area contributed by atoms with E-state index in [1.165, 1.54) is 6.92 Å². The minimum atomic E-state index is -2.89. The fourth-order valence-electron chi connectivity index (χ4n) is 12.2. The van der Waals surface area contributed by atoms with E-state index in [2.05, 4.69) is 26.1 Å². The number of rotatable bonds is 16. The molecule has 3 aliphatic carbocycles. The van der Waals surface area contributed by atoms with Crippen molar-refractivity contribution in [1.82, 2.24) is 5.32 Å². The number of ether oxygens (including phenoxy) is 4. The van der Waals surface area contributed by atoms with Crippen LogP contribution in [0.25, 0.3) is 0 Å². The second-order valence-electron chi connectivity index (χ2n) is 23.2. The van der Waals surface area contributed by atoms with Crippen molar-refractivity contribution in [3.8, 4) is 0 Å². The molecular weight excluding hydrogens is 963 g/mol. The zero-order valence-electron chi connectivity index (χ0n) is 45.0. The fraction of sp³-hybridized carbons (Fsp3) is 0.579. The molecule has 2 unspecified atom stereocenters. The number of carbonyl (C=O) groups is 4. The van der Waals surface area contributed by atoms with Gasteiger partial charge in [0.15, 0.2) is 28.3 Å². The maximum absolute atomic E-state index is 15.6. The number of amides is 1. The molecule has 0 radical (unpaired) electrons. The van der Waals surface area contributed by atoms with E-state index >= 15 is 4.79 Å². The van der Waals surface area contributed by atoms with Crippen LogP contribution in [-0.4, -0.2) is 116 Å². The molecule has 2 saturated carbocycles. The predicted octanol–water partition coefficient (Wildman–Crippen LogP) is 9.02. The Bertz CT molecular complexity index is 2500. The van der Waals surface area contributed by atoms with Crippen LogP contribution in [0.5, 0.6) is 0 Å². The molecule has 1 heterocycles. The fourth-order valence-corrected chi connectivity index (χ4v) is 16.4. The lowest BCUT2D eigenvalue weighted by molar-refractivity contribution is -0.363. The topological polar surface area (TPSA) is 196 Å². The van der Waals surface area contributed by atoms with Crippen molar-refractivity contribution >= 4 is 40.4 Å². The summed E-state index contributed by atoms with van der Waals surface area (Å²) in [7, 11) is -5.45. The molecule has 1 amide bonds. The molecule has 73 heavy (non-hydrogen) atoms. The van der Waals surface area contributed by atoms with E-state index in [4.69, 9.17) is 27.8 Å². The Morgan fingerprint density at radius 2 is 1.38 bits per heavy atom. The number of fused-ring (bicyclic) bond motifs is 5. The average molecular weight is 1040 g/mol. The van der Waals surface area contributed by atoms with E-state index < -0.39 is 122 Å². The van der Waals surface area contributed by atoms with Gasteiger partial charge in [-0.15, -0.1) is 0 Å². The summed E-state index contributed by atoms with van der Waals surface area (Å²) in [5.74, 6) is -4.04. The Hall–Kier alpha value is -4.53. The molecule has 0 aromatic heterocycles. The summed E-state index contributed by atoms with van der Waals surface area (Å²) < 4.78 is 40.6. The maximum atomic E-state index is 15.6. The summed E-state index contributed by atoms with van der Waals surface area (Å²) in [5.41, 5.74) is -5.29. The summed E-state index contributed by atoms with van der Waals surface area (Å²) >= 11 is 0. The van der Waals surface area contributed by atoms with Gasteiger partial charge in [0.2, 0.25) is 0 Å². The number of hydrogen-bond donors (Lipinski definition) is 4. The first-order valence-corrected chi connectivity index (χ1v) is 31.5. The zero-order valence-corrected chi connectivity index (χ0v) is 47.0. The van der Waals surface area contributed by atoms with Gasteiger partial charge in [0.1, 0.15) is 30.0 Å². The second kappa shape index (κ2) is 20.9. The molecule has 2 bridgehead atoms. The number of hydrogen-bond acceptors (Lipinski definition) is 13. The van der Waals surface area contributed by atoms with Gasteiger partial charge in [-0.25, -0.2) is 9.59 Å². The number of aliphatic hydroxyl groups is 3. The summed E-state index contributed by atoms with van der Waals surface area (Å²) in [4.78, 5) is 58.0. The minimum absolute atomic E-state index is 0.164. The Labute approximate surface area is 433 Å². The van der Waals surface area contributed by atoms with E-state index in [1.807, 2.05) is 39.9 Å². The number of nitrogens with one attached hydrogen (secondary N) is 1. The van der Waals surface area contributed by atoms with Crippen LogP contribution >= 0.6 is 0 Å². The van der Waals surface area contributed by atoms with E-state index in [0.29, 0.717) is 16.7 Å². The molecule has 1 aliphatic heterocycles. The molecule has 1 saturated heterocycles. The van der Waals surface area contributed by atoms with Crippen LogP contribution in [-0.2, 0) is 37.4 Å². The highest BCUT2D eigenvalue weighted by atomic mass is 28.4. The molecule has 3 aromatic rings. The zero-order chi connectivity index (χ0) is 53.7. The van der Waals surface area contributed by atoms with Gasteiger partial charge < -0.3 is 48.4 Å². The number of aliphatic hydroxyl groups excluding tert-OH is 2. The third kappa shape index (κ3) is 9.95. The molecule has 398 valence electrons. The van der Waals surface area contributed by atoms with Gasteiger partial charge in [-0.3, -0.25) is 9.59 Å². The Morgan fingerprint density at radius 3 is 1.89 bits per heavy atom.